The van der Waals surface area contributed by atoms with Crippen LogP contribution in [-0.2, 0) is 5.41 Å². The summed E-state index contributed by atoms with van der Waals surface area (Å²) < 4.78 is 0.278. The van der Waals surface area contributed by atoms with E-state index < -0.39 is 0 Å². The summed E-state index contributed by atoms with van der Waals surface area (Å²) in [5.74, 6) is 1.16. The normalized spacial score (nSPS) is 15.6. The molecule has 1 rings (SSSR count). The number of thioether (sulfide) groups is 1. The zero-order valence-corrected chi connectivity index (χ0v) is 13.6. The van der Waals surface area contributed by atoms with Crippen molar-refractivity contribution < 1.29 is 0 Å². The molecule has 0 N–H and O–H groups in total. The first-order valence-corrected chi connectivity index (χ1v) is 8.14. The molecule has 0 aliphatic rings. The fraction of sp³-hybridized carbons (Fsp3) is 0.500. The van der Waals surface area contributed by atoms with Gasteiger partial charge in [-0.2, -0.15) is 11.8 Å². The molecule has 1 atom stereocenters. The van der Waals surface area contributed by atoms with Gasteiger partial charge in [0.2, 0.25) is 0 Å². The first kappa shape index (κ1) is 16.4. The second-order valence-electron chi connectivity index (χ2n) is 5.65. The fourth-order valence-corrected chi connectivity index (χ4v) is 4.04. The maximum Gasteiger partial charge on any atom is 0.0142 e. The average molecular weight is 275 g/mol. The zero-order valence-electron chi connectivity index (χ0n) is 12.8. The quantitative estimate of drug-likeness (QED) is 0.620. The molecule has 0 saturated heterocycles. The van der Waals surface area contributed by atoms with E-state index in [1.807, 2.05) is 17.8 Å². The van der Waals surface area contributed by atoms with Crippen molar-refractivity contribution >= 4 is 11.8 Å². The second-order valence-corrected chi connectivity index (χ2v) is 7.62. The maximum atomic E-state index is 3.93. The Morgan fingerprint density at radius 2 is 1.79 bits per heavy atom. The minimum atomic E-state index is 0.106. The van der Waals surface area contributed by atoms with E-state index in [2.05, 4.69) is 71.0 Å². The van der Waals surface area contributed by atoms with Gasteiger partial charge in [-0.1, -0.05) is 70.2 Å². The van der Waals surface area contributed by atoms with Crippen LogP contribution in [0, 0.1) is 6.92 Å². The van der Waals surface area contributed by atoms with E-state index >= 15 is 0 Å². The summed E-state index contributed by atoms with van der Waals surface area (Å²) in [6.07, 6.45) is 6.51. The Balaban J connectivity index is 3.13. The van der Waals surface area contributed by atoms with Gasteiger partial charge < -0.3 is 0 Å². The van der Waals surface area contributed by atoms with E-state index in [0.717, 1.165) is 18.6 Å². The molecule has 0 fully saturated rings. The Kier molecular flexibility index (Phi) is 6.19. The lowest BCUT2D eigenvalue weighted by molar-refractivity contribution is 0.422. The number of hydrogen-bond acceptors (Lipinski definition) is 1. The molecule has 0 amide bonds. The minimum Gasteiger partial charge on any atom is -0.156 e. The van der Waals surface area contributed by atoms with Crippen LogP contribution in [0.4, 0.5) is 0 Å². The predicted molar refractivity (Wildman–Crippen MR) is 89.7 cm³/mol. The molecular formula is C18H27S. The van der Waals surface area contributed by atoms with E-state index in [-0.39, 0.29) is 10.2 Å². The average Bonchev–Trinajstić information content (AvgIpc) is 2.39. The minimum absolute atomic E-state index is 0.106. The highest BCUT2D eigenvalue weighted by molar-refractivity contribution is 8.00. The first-order chi connectivity index (χ1) is 8.99. The summed E-state index contributed by atoms with van der Waals surface area (Å²) in [6, 6.07) is 10.9. The van der Waals surface area contributed by atoms with Crippen molar-refractivity contribution in [2.24, 2.45) is 0 Å². The molecule has 1 aromatic rings. The highest BCUT2D eigenvalue weighted by Gasteiger charge is 2.34. The fourth-order valence-electron chi connectivity index (χ4n) is 2.90. The monoisotopic (exact) mass is 275 g/mol. The van der Waals surface area contributed by atoms with Crippen LogP contribution in [0.5, 0.6) is 0 Å². The highest BCUT2D eigenvalue weighted by Crippen LogP contribution is 2.42. The maximum absolute atomic E-state index is 3.93. The van der Waals surface area contributed by atoms with Crippen molar-refractivity contribution in [3.63, 3.8) is 0 Å². The molecule has 0 spiro atoms. The van der Waals surface area contributed by atoms with Crippen molar-refractivity contribution in [3.05, 3.63) is 55.0 Å². The van der Waals surface area contributed by atoms with Gasteiger partial charge in [0.1, 0.15) is 0 Å². The van der Waals surface area contributed by atoms with Gasteiger partial charge in [0.05, 0.1) is 0 Å². The molecule has 1 heteroatoms. The first-order valence-electron chi connectivity index (χ1n) is 7.16. The van der Waals surface area contributed by atoms with Crippen molar-refractivity contribution in [1.82, 2.24) is 0 Å². The molecule has 1 unspecified atom stereocenters. The van der Waals surface area contributed by atoms with E-state index in [1.54, 1.807) is 0 Å². The molecular weight excluding hydrogens is 248 g/mol. The van der Waals surface area contributed by atoms with E-state index in [1.165, 1.54) is 5.56 Å². The smallest absolute Gasteiger partial charge is 0.0142 e. The van der Waals surface area contributed by atoms with Gasteiger partial charge in [0.15, 0.2) is 0 Å². The molecule has 0 saturated carbocycles. The number of allylic oxidation sites excluding steroid dienone is 2. The van der Waals surface area contributed by atoms with Crippen LogP contribution in [0.25, 0.3) is 0 Å². The van der Waals surface area contributed by atoms with Gasteiger partial charge in [-0.3, -0.25) is 0 Å². The molecule has 1 aromatic carbocycles. The summed E-state index contributed by atoms with van der Waals surface area (Å²) in [4.78, 5) is 0. The Bertz CT molecular complexity index is 391. The third-order valence-corrected chi connectivity index (χ3v) is 4.91. The second kappa shape index (κ2) is 7.19. The van der Waals surface area contributed by atoms with Crippen molar-refractivity contribution in [3.8, 4) is 0 Å². The van der Waals surface area contributed by atoms with Crippen molar-refractivity contribution in [2.75, 3.05) is 5.75 Å². The Hall–Kier alpha value is -0.690. The lowest BCUT2D eigenvalue weighted by Gasteiger charge is -2.38. The molecule has 105 valence electrons. The SMILES string of the molecule is [CH2]C=CC(CC)(CC(C)(C)SCC)c1ccccc1. The summed E-state index contributed by atoms with van der Waals surface area (Å²) in [7, 11) is 0. The van der Waals surface area contributed by atoms with E-state index in [9.17, 15) is 0 Å². The van der Waals surface area contributed by atoms with Crippen LogP contribution in [0.1, 0.15) is 46.1 Å². The topological polar surface area (TPSA) is 0 Å². The van der Waals surface area contributed by atoms with E-state index in [4.69, 9.17) is 0 Å². The van der Waals surface area contributed by atoms with Crippen molar-refractivity contribution in [1.29, 1.82) is 0 Å². The van der Waals surface area contributed by atoms with Crippen LogP contribution >= 0.6 is 11.8 Å². The summed E-state index contributed by atoms with van der Waals surface area (Å²) >= 11 is 2.04. The number of rotatable bonds is 7. The Morgan fingerprint density at radius 1 is 1.16 bits per heavy atom. The van der Waals surface area contributed by atoms with Gasteiger partial charge in [0, 0.05) is 10.2 Å². The van der Waals surface area contributed by atoms with Crippen molar-refractivity contribution in [2.45, 2.75) is 50.7 Å². The van der Waals surface area contributed by atoms with Gasteiger partial charge in [-0.15, -0.1) is 0 Å². The lowest BCUT2D eigenvalue weighted by atomic mass is 9.72. The largest absolute Gasteiger partial charge is 0.156 e. The van der Waals surface area contributed by atoms with Crippen LogP contribution in [0.2, 0.25) is 0 Å². The Morgan fingerprint density at radius 3 is 2.26 bits per heavy atom. The molecule has 19 heavy (non-hydrogen) atoms. The van der Waals surface area contributed by atoms with Crippen LogP contribution < -0.4 is 0 Å². The highest BCUT2D eigenvalue weighted by atomic mass is 32.2. The molecule has 1 radical (unpaired) electrons. The molecule has 0 heterocycles. The Labute approximate surface area is 123 Å². The summed E-state index contributed by atoms with van der Waals surface area (Å²) in [6.45, 7) is 13.2. The van der Waals surface area contributed by atoms with Gasteiger partial charge in [-0.05, 0) is 31.1 Å². The standard InChI is InChI=1S/C18H27S/c1-6-14-18(7-2,15-17(4,5)19-8-3)16-12-10-9-11-13-16/h6,9-14H,1,7-8,15H2,2-5H3. The van der Waals surface area contributed by atoms with Gasteiger partial charge >= 0.3 is 0 Å². The van der Waals surface area contributed by atoms with Crippen LogP contribution in [-0.4, -0.2) is 10.5 Å². The predicted octanol–water partition coefficient (Wildman–Crippen LogP) is 5.65. The number of benzene rings is 1. The molecule has 0 aliphatic heterocycles. The molecule has 0 aliphatic carbocycles. The third-order valence-electron chi connectivity index (χ3n) is 3.69. The van der Waals surface area contributed by atoms with E-state index in [0.29, 0.717) is 0 Å². The lowest BCUT2D eigenvalue weighted by Crippen LogP contribution is -2.32. The van der Waals surface area contributed by atoms with Gasteiger partial charge in [0.25, 0.3) is 0 Å². The number of hydrogen-bond donors (Lipinski definition) is 0. The molecule has 0 bridgehead atoms. The molecule has 0 nitrogen and oxygen atoms in total. The zero-order chi connectivity index (χ0) is 14.4. The van der Waals surface area contributed by atoms with Gasteiger partial charge in [-0.25, -0.2) is 0 Å². The van der Waals surface area contributed by atoms with Crippen LogP contribution in [0.15, 0.2) is 42.5 Å². The molecule has 0 aromatic heterocycles. The summed E-state index contributed by atoms with van der Waals surface area (Å²) in [5.41, 5.74) is 1.51. The van der Waals surface area contributed by atoms with Crippen LogP contribution in [0.3, 0.4) is 0 Å². The third kappa shape index (κ3) is 4.42. The summed E-state index contributed by atoms with van der Waals surface area (Å²) in [5, 5.41) is 0.